The third-order valence-electron chi connectivity index (χ3n) is 14.2. The molecule has 0 aliphatic rings. The van der Waals surface area contributed by atoms with Crippen molar-refractivity contribution < 1.29 is 8.83 Å². The molecular weight excluding hydrogens is 857 g/mol. The zero-order valence-corrected chi connectivity index (χ0v) is 37.5. The molecule has 0 aliphatic heterocycles. The number of hydrogen-bond acceptors (Lipinski definition) is 4. The maximum atomic E-state index is 6.42. The fourth-order valence-corrected chi connectivity index (χ4v) is 11.0. The lowest BCUT2D eigenvalue weighted by atomic mass is 9.98. The molecule has 6 nitrogen and oxygen atoms in total. The first kappa shape index (κ1) is 38.6. The van der Waals surface area contributed by atoms with Crippen LogP contribution in [0.1, 0.15) is 0 Å². The van der Waals surface area contributed by atoms with Crippen molar-refractivity contribution in [2.24, 2.45) is 0 Å². The fourth-order valence-electron chi connectivity index (χ4n) is 11.0. The van der Waals surface area contributed by atoms with Gasteiger partial charge >= 0.3 is 0 Å². The Morgan fingerprint density at radius 3 is 1.51 bits per heavy atom. The van der Waals surface area contributed by atoms with Crippen LogP contribution in [-0.4, -0.2) is 19.1 Å². The highest BCUT2D eigenvalue weighted by atomic mass is 16.3. The molecule has 6 heteroatoms. The van der Waals surface area contributed by atoms with Crippen molar-refractivity contribution in [1.29, 1.82) is 0 Å². The molecule has 0 N–H and O–H groups in total. The molecule has 0 amide bonds. The Morgan fingerprint density at radius 1 is 0.314 bits per heavy atom. The lowest BCUT2D eigenvalue weighted by Gasteiger charge is -2.15. The quantitative estimate of drug-likeness (QED) is 0.167. The summed E-state index contributed by atoms with van der Waals surface area (Å²) in [5.74, 6) is 1.42. The Labute approximate surface area is 400 Å². The molecule has 0 spiro atoms. The van der Waals surface area contributed by atoms with E-state index in [-0.39, 0.29) is 0 Å². The van der Waals surface area contributed by atoms with E-state index in [1.165, 1.54) is 21.9 Å². The van der Waals surface area contributed by atoms with Crippen molar-refractivity contribution in [3.05, 3.63) is 231 Å². The second-order valence-corrected chi connectivity index (χ2v) is 18.1. The second kappa shape index (κ2) is 15.0. The van der Waals surface area contributed by atoms with Crippen molar-refractivity contribution in [2.45, 2.75) is 0 Å². The summed E-state index contributed by atoms with van der Waals surface area (Å²) in [7, 11) is 0. The van der Waals surface area contributed by atoms with E-state index >= 15 is 0 Å². The second-order valence-electron chi connectivity index (χ2n) is 18.1. The predicted molar refractivity (Wildman–Crippen MR) is 287 cm³/mol. The Balaban J connectivity index is 0.902. The molecule has 326 valence electrons. The lowest BCUT2D eigenvalue weighted by molar-refractivity contribution is 0.668. The summed E-state index contributed by atoms with van der Waals surface area (Å²) in [6.07, 6.45) is 1.87. The summed E-state index contributed by atoms with van der Waals surface area (Å²) >= 11 is 0. The summed E-state index contributed by atoms with van der Waals surface area (Å²) in [4.78, 5) is 10.3. The van der Waals surface area contributed by atoms with E-state index < -0.39 is 0 Å². The van der Waals surface area contributed by atoms with Crippen LogP contribution in [0.3, 0.4) is 0 Å². The zero-order valence-electron chi connectivity index (χ0n) is 37.5. The SMILES string of the molecule is c1ccc(-c2cc(-c3ccccc3)cc(-n3c4ccccc4c4ccc5c(c6ccccc6n5-c5ccnc(-c6ccc7oc8ccc(-c9ccc%10oc%11ccccc%11c%10c9)cc8c7c6)n5)c43)c2)cc1. The summed E-state index contributed by atoms with van der Waals surface area (Å²) in [6.45, 7) is 0. The van der Waals surface area contributed by atoms with E-state index in [2.05, 4.69) is 209 Å². The molecule has 0 aliphatic carbocycles. The number of hydrogen-bond donors (Lipinski definition) is 0. The van der Waals surface area contributed by atoms with Gasteiger partial charge in [-0.1, -0.05) is 133 Å². The normalized spacial score (nSPS) is 12.0. The van der Waals surface area contributed by atoms with Gasteiger partial charge in [-0.2, -0.15) is 0 Å². The van der Waals surface area contributed by atoms with Crippen LogP contribution in [0.15, 0.2) is 239 Å². The van der Waals surface area contributed by atoms with Crippen LogP contribution in [0.5, 0.6) is 0 Å². The highest BCUT2D eigenvalue weighted by Gasteiger charge is 2.23. The molecule has 0 unspecified atom stereocenters. The first-order valence-electron chi connectivity index (χ1n) is 23.6. The van der Waals surface area contributed by atoms with Crippen LogP contribution in [0.2, 0.25) is 0 Å². The molecule has 0 radical (unpaired) electrons. The first-order chi connectivity index (χ1) is 34.7. The molecule has 10 aromatic carbocycles. The standard InChI is InChI=1S/C64H38N4O2/c1-3-13-39(14-4-1)44-33-45(40-15-5-2-6-16-40)35-46(34-44)67-54-20-10-7-17-47(54)49-26-27-56-62(63(49)67)50-19-8-11-21-55(50)68(56)61-31-32-65-64(66-61)43-25-30-60-53(38-43)52-37-42(24-29-59(52)70-60)41-23-28-58-51(36-41)48-18-9-12-22-57(48)69-58/h1-38H. The minimum Gasteiger partial charge on any atom is -0.456 e. The van der Waals surface area contributed by atoms with Crippen LogP contribution in [0.4, 0.5) is 0 Å². The average molecular weight is 895 g/mol. The van der Waals surface area contributed by atoms with Crippen LogP contribution in [0.25, 0.3) is 144 Å². The average Bonchev–Trinajstić information content (AvgIpc) is 4.18. The Morgan fingerprint density at radius 2 is 0.843 bits per heavy atom. The molecule has 70 heavy (non-hydrogen) atoms. The van der Waals surface area contributed by atoms with E-state index in [0.29, 0.717) is 5.82 Å². The van der Waals surface area contributed by atoms with Crippen molar-refractivity contribution in [3.8, 4) is 56.3 Å². The van der Waals surface area contributed by atoms with Gasteiger partial charge in [-0.05, 0) is 124 Å². The molecule has 15 aromatic rings. The predicted octanol–water partition coefficient (Wildman–Crippen LogP) is 17.1. The molecule has 0 saturated carbocycles. The Kier molecular flexibility index (Phi) is 8.26. The summed E-state index contributed by atoms with van der Waals surface area (Å²) in [6, 6.07) is 79.7. The first-order valence-corrected chi connectivity index (χ1v) is 23.6. The van der Waals surface area contributed by atoms with E-state index in [1.807, 2.05) is 30.5 Å². The third-order valence-corrected chi connectivity index (χ3v) is 14.2. The van der Waals surface area contributed by atoms with Crippen molar-refractivity contribution in [2.75, 3.05) is 0 Å². The smallest absolute Gasteiger partial charge is 0.161 e. The summed E-state index contributed by atoms with van der Waals surface area (Å²) < 4.78 is 17.3. The van der Waals surface area contributed by atoms with Gasteiger partial charge in [-0.25, -0.2) is 9.97 Å². The molecule has 0 fully saturated rings. The van der Waals surface area contributed by atoms with Crippen molar-refractivity contribution in [3.63, 3.8) is 0 Å². The minimum absolute atomic E-state index is 0.634. The Bertz CT molecular complexity index is 4540. The summed E-state index contributed by atoms with van der Waals surface area (Å²) in [5, 5.41) is 8.97. The minimum atomic E-state index is 0.634. The monoisotopic (exact) mass is 894 g/mol. The number of aromatic nitrogens is 4. The maximum Gasteiger partial charge on any atom is 0.161 e. The van der Waals surface area contributed by atoms with E-state index in [1.54, 1.807) is 0 Å². The molecule has 15 rings (SSSR count). The van der Waals surface area contributed by atoms with Crippen LogP contribution >= 0.6 is 0 Å². The highest BCUT2D eigenvalue weighted by Crippen LogP contribution is 2.44. The number of para-hydroxylation sites is 3. The molecule has 5 aromatic heterocycles. The molecule has 0 bridgehead atoms. The molecule has 0 saturated heterocycles. The van der Waals surface area contributed by atoms with Crippen LogP contribution < -0.4 is 0 Å². The number of furan rings is 2. The molecule has 5 heterocycles. The molecular formula is C64H38N4O2. The number of fused-ring (bicyclic) bond motifs is 13. The summed E-state index contributed by atoms with van der Waals surface area (Å²) in [5.41, 5.74) is 16.7. The number of nitrogens with zero attached hydrogens (tertiary/aromatic N) is 4. The Hall–Kier alpha value is -9.52. The van der Waals surface area contributed by atoms with Gasteiger partial charge in [0.2, 0.25) is 0 Å². The van der Waals surface area contributed by atoms with Gasteiger partial charge < -0.3 is 13.4 Å². The topological polar surface area (TPSA) is 61.9 Å². The van der Waals surface area contributed by atoms with Gasteiger partial charge in [0.25, 0.3) is 0 Å². The molecule has 0 atom stereocenters. The van der Waals surface area contributed by atoms with Gasteiger partial charge in [0.15, 0.2) is 5.82 Å². The van der Waals surface area contributed by atoms with Crippen molar-refractivity contribution in [1.82, 2.24) is 19.1 Å². The third kappa shape index (κ3) is 5.87. The largest absolute Gasteiger partial charge is 0.456 e. The van der Waals surface area contributed by atoms with E-state index in [4.69, 9.17) is 18.8 Å². The van der Waals surface area contributed by atoms with Gasteiger partial charge in [0, 0.05) is 60.5 Å². The van der Waals surface area contributed by atoms with Gasteiger partial charge in [-0.15, -0.1) is 0 Å². The zero-order chi connectivity index (χ0) is 45.9. The maximum absolute atomic E-state index is 6.42. The highest BCUT2D eigenvalue weighted by molar-refractivity contribution is 6.26. The van der Waals surface area contributed by atoms with Crippen molar-refractivity contribution >= 4 is 87.5 Å². The van der Waals surface area contributed by atoms with E-state index in [9.17, 15) is 0 Å². The van der Waals surface area contributed by atoms with Crippen LogP contribution in [0, 0.1) is 0 Å². The lowest BCUT2D eigenvalue weighted by Crippen LogP contribution is -2.00. The van der Waals surface area contributed by atoms with E-state index in [0.717, 1.165) is 116 Å². The van der Waals surface area contributed by atoms with Gasteiger partial charge in [0.05, 0.1) is 22.1 Å². The fraction of sp³-hybridized carbons (Fsp3) is 0. The number of benzene rings is 10. The van der Waals surface area contributed by atoms with Gasteiger partial charge in [-0.3, -0.25) is 4.57 Å². The number of rotatable bonds is 6. The van der Waals surface area contributed by atoms with Gasteiger partial charge in [0.1, 0.15) is 28.1 Å². The van der Waals surface area contributed by atoms with Crippen LogP contribution in [-0.2, 0) is 0 Å².